The number of amides is 1. The van der Waals surface area contributed by atoms with Gasteiger partial charge in [0.15, 0.2) is 0 Å². The van der Waals surface area contributed by atoms with Crippen molar-refractivity contribution in [2.24, 2.45) is 0 Å². The molecule has 3 rings (SSSR count). The second-order valence-electron chi connectivity index (χ2n) is 7.47. The van der Waals surface area contributed by atoms with E-state index in [2.05, 4.69) is 36.1 Å². The summed E-state index contributed by atoms with van der Waals surface area (Å²) in [7, 11) is 5.23. The highest BCUT2D eigenvalue weighted by molar-refractivity contribution is 5.78. The summed E-state index contributed by atoms with van der Waals surface area (Å²) in [5.74, 6) is 1.79. The predicted octanol–water partition coefficient (Wildman–Crippen LogP) is 3.81. The average Bonchev–Trinajstić information content (AvgIpc) is 3.17. The van der Waals surface area contributed by atoms with Gasteiger partial charge in [-0.1, -0.05) is 29.8 Å². The minimum Gasteiger partial charge on any atom is -0.497 e. The fourth-order valence-corrected chi connectivity index (χ4v) is 3.82. The lowest BCUT2D eigenvalue weighted by atomic mass is 10.0. The van der Waals surface area contributed by atoms with Crippen LogP contribution in [0, 0.1) is 6.92 Å². The van der Waals surface area contributed by atoms with Crippen LogP contribution in [0.5, 0.6) is 11.5 Å². The molecule has 1 unspecified atom stereocenters. The molecule has 0 spiro atoms. The molecule has 0 aliphatic carbocycles. The Bertz CT molecular complexity index is 804. The number of likely N-dealkylation sites (N-methyl/N-ethyl adjacent to an activating group) is 1. The van der Waals surface area contributed by atoms with Crippen LogP contribution >= 0.6 is 0 Å². The lowest BCUT2D eigenvalue weighted by Gasteiger charge is -2.28. The summed E-state index contributed by atoms with van der Waals surface area (Å²) in [5, 5.41) is 0. The van der Waals surface area contributed by atoms with Crippen LogP contribution < -0.4 is 9.47 Å². The molecule has 150 valence electrons. The molecule has 0 saturated carbocycles. The zero-order valence-corrected chi connectivity index (χ0v) is 17.3. The summed E-state index contributed by atoms with van der Waals surface area (Å²) in [5.41, 5.74) is 3.46. The summed E-state index contributed by atoms with van der Waals surface area (Å²) in [6.45, 7) is 4.02. The van der Waals surface area contributed by atoms with Crippen LogP contribution in [0.4, 0.5) is 0 Å². The van der Waals surface area contributed by atoms with E-state index >= 15 is 0 Å². The van der Waals surface area contributed by atoms with Gasteiger partial charge in [-0.05, 0) is 50.1 Å². The number of methoxy groups -OCH3 is 2. The molecule has 1 aliphatic rings. The van der Waals surface area contributed by atoms with Crippen LogP contribution in [-0.2, 0) is 11.3 Å². The van der Waals surface area contributed by atoms with Gasteiger partial charge in [-0.15, -0.1) is 0 Å². The summed E-state index contributed by atoms with van der Waals surface area (Å²) < 4.78 is 11.0. The number of likely N-dealkylation sites (tertiary alicyclic amines) is 1. The highest BCUT2D eigenvalue weighted by Gasteiger charge is 2.30. The number of aryl methyl sites for hydroxylation is 1. The van der Waals surface area contributed by atoms with Gasteiger partial charge in [-0.25, -0.2) is 0 Å². The molecule has 0 aromatic heterocycles. The van der Waals surface area contributed by atoms with Crippen molar-refractivity contribution < 1.29 is 14.3 Å². The second kappa shape index (κ2) is 9.11. The van der Waals surface area contributed by atoms with Crippen LogP contribution in [0.2, 0.25) is 0 Å². The van der Waals surface area contributed by atoms with E-state index in [1.165, 1.54) is 5.56 Å². The number of nitrogens with zero attached hydrogens (tertiary/aromatic N) is 2. The van der Waals surface area contributed by atoms with Gasteiger partial charge in [-0.3, -0.25) is 9.69 Å². The highest BCUT2D eigenvalue weighted by Crippen LogP contribution is 2.38. The third kappa shape index (κ3) is 4.65. The van der Waals surface area contributed by atoms with Gasteiger partial charge >= 0.3 is 0 Å². The van der Waals surface area contributed by atoms with E-state index in [0.29, 0.717) is 13.1 Å². The lowest BCUT2D eigenvalue weighted by Crippen LogP contribution is -2.37. The lowest BCUT2D eigenvalue weighted by molar-refractivity contribution is -0.131. The Hall–Kier alpha value is -2.53. The fraction of sp³-hybridized carbons (Fsp3) is 0.435. The molecule has 5 heteroatoms. The van der Waals surface area contributed by atoms with Crippen LogP contribution in [-0.4, -0.2) is 50.1 Å². The number of rotatable bonds is 7. The quantitative estimate of drug-likeness (QED) is 0.730. The molecular formula is C23H30N2O3. The molecule has 1 aliphatic heterocycles. The van der Waals surface area contributed by atoms with Crippen molar-refractivity contribution in [2.75, 3.05) is 34.4 Å². The molecule has 0 radical (unpaired) electrons. The van der Waals surface area contributed by atoms with E-state index in [0.717, 1.165) is 42.0 Å². The first-order chi connectivity index (χ1) is 13.5. The summed E-state index contributed by atoms with van der Waals surface area (Å²) in [6, 6.07) is 14.4. The highest BCUT2D eigenvalue weighted by atomic mass is 16.5. The monoisotopic (exact) mass is 382 g/mol. The van der Waals surface area contributed by atoms with Gasteiger partial charge in [-0.2, -0.15) is 0 Å². The molecular weight excluding hydrogens is 352 g/mol. The molecule has 0 N–H and O–H groups in total. The third-order valence-electron chi connectivity index (χ3n) is 5.46. The first-order valence-corrected chi connectivity index (χ1v) is 9.77. The van der Waals surface area contributed by atoms with Crippen LogP contribution in [0.15, 0.2) is 42.5 Å². The molecule has 1 amide bonds. The summed E-state index contributed by atoms with van der Waals surface area (Å²) in [4.78, 5) is 16.9. The van der Waals surface area contributed by atoms with E-state index < -0.39 is 0 Å². The van der Waals surface area contributed by atoms with Gasteiger partial charge in [0.25, 0.3) is 0 Å². The Labute approximate surface area is 167 Å². The van der Waals surface area contributed by atoms with Crippen molar-refractivity contribution in [3.05, 3.63) is 59.2 Å². The van der Waals surface area contributed by atoms with Crippen LogP contribution in [0.3, 0.4) is 0 Å². The van der Waals surface area contributed by atoms with Crippen LogP contribution in [0.1, 0.15) is 35.6 Å². The Kier molecular flexibility index (Phi) is 6.57. The molecule has 0 bridgehead atoms. The standard InChI is InChI=1S/C23H30N2O3/c1-17-7-9-18(10-8-17)15-24(2)23(26)16-25-13-5-6-21(25)20-14-19(27-3)11-12-22(20)28-4/h7-12,14,21H,5-6,13,15-16H2,1-4H3. The molecule has 2 aromatic rings. The number of benzene rings is 2. The largest absolute Gasteiger partial charge is 0.497 e. The smallest absolute Gasteiger partial charge is 0.236 e. The maximum absolute atomic E-state index is 12.9. The SMILES string of the molecule is COc1ccc(OC)c(C2CCCN2CC(=O)N(C)Cc2ccc(C)cc2)c1. The van der Waals surface area contributed by atoms with Crippen molar-refractivity contribution in [3.8, 4) is 11.5 Å². The predicted molar refractivity (Wildman–Crippen MR) is 111 cm³/mol. The van der Waals surface area contributed by atoms with Crippen molar-refractivity contribution in [1.29, 1.82) is 0 Å². The number of ether oxygens (including phenoxy) is 2. The number of hydrogen-bond donors (Lipinski definition) is 0. The Morgan fingerprint density at radius 3 is 2.57 bits per heavy atom. The van der Waals surface area contributed by atoms with Gasteiger partial charge < -0.3 is 14.4 Å². The minimum atomic E-state index is 0.134. The van der Waals surface area contributed by atoms with Crippen molar-refractivity contribution in [1.82, 2.24) is 9.80 Å². The second-order valence-corrected chi connectivity index (χ2v) is 7.47. The van der Waals surface area contributed by atoms with Gasteiger partial charge in [0, 0.05) is 25.2 Å². The Morgan fingerprint density at radius 1 is 1.14 bits per heavy atom. The number of hydrogen-bond acceptors (Lipinski definition) is 4. The summed E-state index contributed by atoms with van der Waals surface area (Å²) in [6.07, 6.45) is 2.08. The topological polar surface area (TPSA) is 42.0 Å². The average molecular weight is 383 g/mol. The molecule has 28 heavy (non-hydrogen) atoms. The molecule has 1 atom stereocenters. The van der Waals surface area contributed by atoms with Crippen molar-refractivity contribution in [2.45, 2.75) is 32.4 Å². The van der Waals surface area contributed by atoms with Crippen LogP contribution in [0.25, 0.3) is 0 Å². The molecule has 2 aromatic carbocycles. The van der Waals surface area contributed by atoms with E-state index in [1.54, 1.807) is 14.2 Å². The number of carbonyl (C=O) groups excluding carboxylic acids is 1. The first kappa shape index (κ1) is 20.2. The maximum Gasteiger partial charge on any atom is 0.236 e. The van der Waals surface area contributed by atoms with Gasteiger partial charge in [0.05, 0.1) is 20.8 Å². The zero-order chi connectivity index (χ0) is 20.1. The van der Waals surface area contributed by atoms with E-state index in [-0.39, 0.29) is 11.9 Å². The summed E-state index contributed by atoms with van der Waals surface area (Å²) >= 11 is 0. The van der Waals surface area contributed by atoms with Crippen molar-refractivity contribution >= 4 is 5.91 Å². The molecule has 5 nitrogen and oxygen atoms in total. The minimum absolute atomic E-state index is 0.134. The van der Waals surface area contributed by atoms with Gasteiger partial charge in [0.1, 0.15) is 11.5 Å². The molecule has 1 heterocycles. The Morgan fingerprint density at radius 2 is 1.89 bits per heavy atom. The molecule has 1 fully saturated rings. The third-order valence-corrected chi connectivity index (χ3v) is 5.46. The number of carbonyl (C=O) groups is 1. The van der Waals surface area contributed by atoms with E-state index in [4.69, 9.17) is 9.47 Å². The first-order valence-electron chi connectivity index (χ1n) is 9.77. The molecule has 1 saturated heterocycles. The van der Waals surface area contributed by atoms with Gasteiger partial charge in [0.2, 0.25) is 5.91 Å². The van der Waals surface area contributed by atoms with E-state index in [1.807, 2.05) is 30.1 Å². The zero-order valence-electron chi connectivity index (χ0n) is 17.3. The fourth-order valence-electron chi connectivity index (χ4n) is 3.82. The normalized spacial score (nSPS) is 16.8. The van der Waals surface area contributed by atoms with Crippen molar-refractivity contribution in [3.63, 3.8) is 0 Å². The van der Waals surface area contributed by atoms with E-state index in [9.17, 15) is 4.79 Å². The Balaban J connectivity index is 1.69. The maximum atomic E-state index is 12.9.